The third-order valence-corrected chi connectivity index (χ3v) is 3.49. The fourth-order valence-electron chi connectivity index (χ4n) is 1.96. The van der Waals surface area contributed by atoms with Crippen LogP contribution in [0.2, 0.25) is 0 Å². The molecule has 0 fully saturated rings. The normalized spacial score (nSPS) is 11.5. The minimum absolute atomic E-state index is 0.369. The van der Waals surface area contributed by atoms with Crippen molar-refractivity contribution < 1.29 is 4.52 Å². The Morgan fingerprint density at radius 1 is 1.36 bits per heavy atom. The summed E-state index contributed by atoms with van der Waals surface area (Å²) < 4.78 is 6.16. The molecule has 2 rings (SSSR count). The molecule has 118 valence electrons. The summed E-state index contributed by atoms with van der Waals surface area (Å²) >= 11 is 3.45. The van der Waals surface area contributed by atoms with Crippen LogP contribution >= 0.6 is 15.9 Å². The highest BCUT2D eigenvalue weighted by atomic mass is 79.9. The molecule has 0 spiro atoms. The van der Waals surface area contributed by atoms with Crippen LogP contribution in [0.25, 0.3) is 0 Å². The molecule has 1 heterocycles. The predicted molar refractivity (Wildman–Crippen MR) is 89.5 cm³/mol. The standard InChI is InChI=1S/C15H20BrN5O/c1-4-17-15(18-9-14-19-11(2)20-22-14)21(3)10-12-5-7-13(16)8-6-12/h5-8H,4,9-10H2,1-3H3,(H,17,18). The number of hydrogen-bond acceptors (Lipinski definition) is 4. The quantitative estimate of drug-likeness (QED) is 0.651. The van der Waals surface area contributed by atoms with Crippen LogP contribution in [0.4, 0.5) is 0 Å². The number of guanidine groups is 1. The fraction of sp³-hybridized carbons (Fsp3) is 0.400. The number of nitrogens with one attached hydrogen (secondary N) is 1. The van der Waals surface area contributed by atoms with Crippen LogP contribution in [0.3, 0.4) is 0 Å². The van der Waals surface area contributed by atoms with E-state index in [1.165, 1.54) is 5.56 Å². The Balaban J connectivity index is 2.03. The highest BCUT2D eigenvalue weighted by molar-refractivity contribution is 9.10. The summed E-state index contributed by atoms with van der Waals surface area (Å²) in [5.41, 5.74) is 1.21. The van der Waals surface area contributed by atoms with Gasteiger partial charge in [-0.05, 0) is 31.5 Å². The third-order valence-electron chi connectivity index (χ3n) is 2.96. The molecular weight excluding hydrogens is 346 g/mol. The lowest BCUT2D eigenvalue weighted by Crippen LogP contribution is -2.38. The van der Waals surface area contributed by atoms with E-state index in [4.69, 9.17) is 4.52 Å². The number of nitrogens with zero attached hydrogens (tertiary/aromatic N) is 4. The molecule has 6 nitrogen and oxygen atoms in total. The SMILES string of the molecule is CCNC(=NCc1nc(C)no1)N(C)Cc1ccc(Br)cc1. The van der Waals surface area contributed by atoms with Crippen molar-refractivity contribution in [2.24, 2.45) is 4.99 Å². The van der Waals surface area contributed by atoms with Gasteiger partial charge >= 0.3 is 0 Å². The van der Waals surface area contributed by atoms with Gasteiger partial charge in [0.25, 0.3) is 0 Å². The first-order chi connectivity index (χ1) is 10.6. The highest BCUT2D eigenvalue weighted by Gasteiger charge is 2.08. The van der Waals surface area contributed by atoms with Gasteiger partial charge in [-0.25, -0.2) is 4.99 Å². The van der Waals surface area contributed by atoms with Gasteiger partial charge in [-0.1, -0.05) is 33.2 Å². The summed E-state index contributed by atoms with van der Waals surface area (Å²) in [5, 5.41) is 7.04. The van der Waals surface area contributed by atoms with Crippen LogP contribution in [-0.2, 0) is 13.1 Å². The molecule has 1 aromatic heterocycles. The molecule has 0 saturated carbocycles. The molecule has 0 aliphatic rings. The van der Waals surface area contributed by atoms with Crippen LogP contribution < -0.4 is 5.32 Å². The maximum atomic E-state index is 5.08. The summed E-state index contributed by atoms with van der Waals surface area (Å²) in [4.78, 5) is 10.8. The smallest absolute Gasteiger partial charge is 0.248 e. The van der Waals surface area contributed by atoms with Gasteiger partial charge in [-0.2, -0.15) is 4.98 Å². The van der Waals surface area contributed by atoms with Crippen molar-refractivity contribution >= 4 is 21.9 Å². The number of aryl methyl sites for hydroxylation is 1. The molecule has 0 radical (unpaired) electrons. The van der Waals surface area contributed by atoms with Gasteiger partial charge in [-0.3, -0.25) is 0 Å². The molecule has 0 atom stereocenters. The van der Waals surface area contributed by atoms with E-state index in [9.17, 15) is 0 Å². The molecule has 7 heteroatoms. The topological polar surface area (TPSA) is 66.5 Å². The molecule has 1 N–H and O–H groups in total. The van der Waals surface area contributed by atoms with E-state index in [1.54, 1.807) is 6.92 Å². The number of aliphatic imine (C=N–C) groups is 1. The summed E-state index contributed by atoms with van der Waals surface area (Å²) in [7, 11) is 2.00. The fourth-order valence-corrected chi connectivity index (χ4v) is 2.22. The van der Waals surface area contributed by atoms with Crippen molar-refractivity contribution in [3.8, 4) is 0 Å². The monoisotopic (exact) mass is 365 g/mol. The minimum Gasteiger partial charge on any atom is -0.357 e. The van der Waals surface area contributed by atoms with Gasteiger partial charge < -0.3 is 14.7 Å². The van der Waals surface area contributed by atoms with Gasteiger partial charge in [0.1, 0.15) is 6.54 Å². The van der Waals surface area contributed by atoms with Crippen molar-refractivity contribution in [3.05, 3.63) is 46.0 Å². The molecule has 1 aromatic carbocycles. The molecule has 0 aliphatic carbocycles. The number of benzene rings is 1. The second-order valence-corrected chi connectivity index (χ2v) is 5.80. The zero-order valence-electron chi connectivity index (χ0n) is 13.0. The average Bonchev–Trinajstić information content (AvgIpc) is 2.91. The predicted octanol–water partition coefficient (Wildman–Crippen LogP) is 2.74. The molecule has 0 saturated heterocycles. The van der Waals surface area contributed by atoms with Gasteiger partial charge in [0, 0.05) is 24.6 Å². The van der Waals surface area contributed by atoms with E-state index in [-0.39, 0.29) is 0 Å². The van der Waals surface area contributed by atoms with Crippen molar-refractivity contribution in [1.29, 1.82) is 0 Å². The zero-order valence-corrected chi connectivity index (χ0v) is 14.6. The highest BCUT2D eigenvalue weighted by Crippen LogP contribution is 2.12. The van der Waals surface area contributed by atoms with Crippen LogP contribution in [0, 0.1) is 6.92 Å². The number of aromatic nitrogens is 2. The second kappa shape index (κ2) is 7.93. The van der Waals surface area contributed by atoms with Crippen LogP contribution in [0.15, 0.2) is 38.3 Å². The maximum Gasteiger partial charge on any atom is 0.248 e. The van der Waals surface area contributed by atoms with E-state index in [0.717, 1.165) is 23.5 Å². The zero-order chi connectivity index (χ0) is 15.9. The van der Waals surface area contributed by atoms with Gasteiger partial charge in [-0.15, -0.1) is 0 Å². The number of hydrogen-bond donors (Lipinski definition) is 1. The first kappa shape index (κ1) is 16.5. The van der Waals surface area contributed by atoms with Crippen molar-refractivity contribution in [1.82, 2.24) is 20.4 Å². The largest absolute Gasteiger partial charge is 0.357 e. The van der Waals surface area contributed by atoms with Crippen LogP contribution in [0.1, 0.15) is 24.2 Å². The number of rotatable bonds is 5. The van der Waals surface area contributed by atoms with Gasteiger partial charge in [0.05, 0.1) is 0 Å². The molecule has 22 heavy (non-hydrogen) atoms. The lowest BCUT2D eigenvalue weighted by atomic mass is 10.2. The Morgan fingerprint density at radius 3 is 2.68 bits per heavy atom. The Labute approximate surface area is 138 Å². The van der Waals surface area contributed by atoms with Gasteiger partial charge in [0.15, 0.2) is 11.8 Å². The molecular formula is C15H20BrN5O. The second-order valence-electron chi connectivity index (χ2n) is 4.89. The molecule has 0 bridgehead atoms. The lowest BCUT2D eigenvalue weighted by molar-refractivity contribution is 0.375. The summed E-state index contributed by atoms with van der Waals surface area (Å²) in [6, 6.07) is 8.25. The van der Waals surface area contributed by atoms with Crippen LogP contribution in [0.5, 0.6) is 0 Å². The Bertz CT molecular complexity index is 623. The average molecular weight is 366 g/mol. The van der Waals surface area contributed by atoms with E-state index >= 15 is 0 Å². The van der Waals surface area contributed by atoms with E-state index in [1.807, 2.05) is 26.1 Å². The van der Waals surface area contributed by atoms with Gasteiger partial charge in [0.2, 0.25) is 5.89 Å². The minimum atomic E-state index is 0.369. The maximum absolute atomic E-state index is 5.08. The molecule has 0 amide bonds. The number of halogens is 1. The van der Waals surface area contributed by atoms with Crippen molar-refractivity contribution in [2.45, 2.75) is 26.9 Å². The Hall–Kier alpha value is -1.89. The molecule has 0 unspecified atom stereocenters. The van der Waals surface area contributed by atoms with Crippen LogP contribution in [-0.4, -0.2) is 34.6 Å². The third kappa shape index (κ3) is 4.84. The molecule has 0 aliphatic heterocycles. The summed E-state index contributed by atoms with van der Waals surface area (Å²) in [5.74, 6) is 1.95. The van der Waals surface area contributed by atoms with Crippen molar-refractivity contribution in [2.75, 3.05) is 13.6 Å². The first-order valence-electron chi connectivity index (χ1n) is 7.11. The molecule has 2 aromatic rings. The first-order valence-corrected chi connectivity index (χ1v) is 7.91. The Kier molecular flexibility index (Phi) is 5.94. The Morgan fingerprint density at radius 2 is 2.09 bits per heavy atom. The van der Waals surface area contributed by atoms with E-state index < -0.39 is 0 Å². The summed E-state index contributed by atoms with van der Waals surface area (Å²) in [6.45, 7) is 5.77. The van der Waals surface area contributed by atoms with E-state index in [0.29, 0.717) is 18.3 Å². The van der Waals surface area contributed by atoms with Crippen molar-refractivity contribution in [3.63, 3.8) is 0 Å². The summed E-state index contributed by atoms with van der Waals surface area (Å²) in [6.07, 6.45) is 0. The lowest BCUT2D eigenvalue weighted by Gasteiger charge is -2.22. The van der Waals surface area contributed by atoms with E-state index in [2.05, 4.69) is 53.4 Å².